The SMILES string of the molecule is Nc1ccn([C@@H]2CCCCC[C@H]2OCP(=O)(O)O)c(=O)n1. The lowest BCUT2D eigenvalue weighted by atomic mass is 10.1. The van der Waals surface area contributed by atoms with E-state index in [1.807, 2.05) is 0 Å². The lowest BCUT2D eigenvalue weighted by Crippen LogP contribution is -2.34. The molecule has 0 saturated heterocycles. The topological polar surface area (TPSA) is 128 Å². The number of nitrogens with zero attached hydrogens (tertiary/aromatic N) is 2. The van der Waals surface area contributed by atoms with Gasteiger partial charge in [-0.05, 0) is 18.9 Å². The normalized spacial score (nSPS) is 23.7. The van der Waals surface area contributed by atoms with Crippen LogP contribution in [0.1, 0.15) is 38.1 Å². The number of anilines is 1. The van der Waals surface area contributed by atoms with Crippen LogP contribution in [-0.4, -0.2) is 31.8 Å². The molecule has 4 N–H and O–H groups in total. The average molecular weight is 317 g/mol. The van der Waals surface area contributed by atoms with E-state index in [4.69, 9.17) is 20.3 Å². The standard InChI is InChI=1S/C12H20N3O5P/c13-11-6-7-15(12(16)14-11)9-4-2-1-3-5-10(9)20-8-21(17,18)19/h6-7,9-10H,1-5,8H2,(H2,13,14,16)(H2,17,18,19)/t9-,10-/m1/s1. The molecule has 9 heteroatoms. The van der Waals surface area contributed by atoms with Crippen LogP contribution in [-0.2, 0) is 9.30 Å². The molecule has 1 aliphatic rings. The molecule has 0 bridgehead atoms. The van der Waals surface area contributed by atoms with Gasteiger partial charge in [0.2, 0.25) is 0 Å². The molecule has 1 fully saturated rings. The Morgan fingerprint density at radius 2 is 2.10 bits per heavy atom. The highest BCUT2D eigenvalue weighted by Gasteiger charge is 2.29. The van der Waals surface area contributed by atoms with E-state index < -0.39 is 25.7 Å². The zero-order valence-electron chi connectivity index (χ0n) is 11.6. The van der Waals surface area contributed by atoms with E-state index in [1.165, 1.54) is 10.6 Å². The molecule has 1 aromatic rings. The van der Waals surface area contributed by atoms with Gasteiger partial charge in [-0.15, -0.1) is 0 Å². The molecule has 0 aromatic carbocycles. The van der Waals surface area contributed by atoms with Gasteiger partial charge in [0.1, 0.15) is 12.2 Å². The Labute approximate surface area is 122 Å². The molecule has 1 heterocycles. The third kappa shape index (κ3) is 4.64. The maximum atomic E-state index is 12.0. The van der Waals surface area contributed by atoms with Crippen molar-refractivity contribution in [3.8, 4) is 0 Å². The molecular weight excluding hydrogens is 297 g/mol. The minimum absolute atomic E-state index is 0.151. The van der Waals surface area contributed by atoms with Crippen molar-refractivity contribution in [1.82, 2.24) is 9.55 Å². The Kier molecular flexibility index (Phi) is 5.16. The number of aromatic nitrogens is 2. The highest BCUT2D eigenvalue weighted by molar-refractivity contribution is 7.51. The first-order valence-corrected chi connectivity index (χ1v) is 8.67. The summed E-state index contributed by atoms with van der Waals surface area (Å²) in [7, 11) is -4.23. The van der Waals surface area contributed by atoms with Gasteiger partial charge in [0.15, 0.2) is 0 Å². The Hall–Kier alpha value is -1.21. The number of hydrogen-bond donors (Lipinski definition) is 3. The predicted molar refractivity (Wildman–Crippen MR) is 76.8 cm³/mol. The highest BCUT2D eigenvalue weighted by atomic mass is 31.2. The lowest BCUT2D eigenvalue weighted by Gasteiger charge is -2.27. The highest BCUT2D eigenvalue weighted by Crippen LogP contribution is 2.37. The first-order chi connectivity index (χ1) is 9.87. The van der Waals surface area contributed by atoms with Crippen LogP contribution < -0.4 is 11.4 Å². The number of nitrogen functional groups attached to an aromatic ring is 1. The van der Waals surface area contributed by atoms with Crippen molar-refractivity contribution >= 4 is 13.4 Å². The van der Waals surface area contributed by atoms with Crippen LogP contribution in [0.25, 0.3) is 0 Å². The molecule has 21 heavy (non-hydrogen) atoms. The molecule has 1 saturated carbocycles. The van der Waals surface area contributed by atoms with E-state index in [9.17, 15) is 9.36 Å². The summed E-state index contributed by atoms with van der Waals surface area (Å²) < 4.78 is 17.8. The molecule has 0 amide bonds. The Bertz CT molecular complexity index is 585. The minimum Gasteiger partial charge on any atom is -0.383 e. The van der Waals surface area contributed by atoms with Gasteiger partial charge in [-0.3, -0.25) is 9.13 Å². The van der Waals surface area contributed by atoms with Gasteiger partial charge in [0, 0.05) is 6.20 Å². The van der Waals surface area contributed by atoms with Crippen molar-refractivity contribution in [2.24, 2.45) is 0 Å². The van der Waals surface area contributed by atoms with Gasteiger partial charge < -0.3 is 20.3 Å². The van der Waals surface area contributed by atoms with Crippen LogP contribution in [0.15, 0.2) is 17.1 Å². The van der Waals surface area contributed by atoms with Crippen molar-refractivity contribution < 1.29 is 19.1 Å². The third-order valence-corrected chi connectivity index (χ3v) is 4.07. The van der Waals surface area contributed by atoms with Crippen molar-refractivity contribution in [2.45, 2.75) is 44.2 Å². The average Bonchev–Trinajstić information content (AvgIpc) is 2.61. The summed E-state index contributed by atoms with van der Waals surface area (Å²) in [5.41, 5.74) is 5.01. The first-order valence-electron chi connectivity index (χ1n) is 6.88. The summed E-state index contributed by atoms with van der Waals surface area (Å²) in [6.07, 6.45) is 4.71. The van der Waals surface area contributed by atoms with Crippen LogP contribution in [0, 0.1) is 0 Å². The number of rotatable bonds is 4. The molecule has 1 aromatic heterocycles. The fourth-order valence-electron chi connectivity index (χ4n) is 2.64. The summed E-state index contributed by atoms with van der Waals surface area (Å²) >= 11 is 0. The zero-order chi connectivity index (χ0) is 15.5. The molecule has 0 aliphatic heterocycles. The van der Waals surface area contributed by atoms with Gasteiger partial charge in [-0.1, -0.05) is 19.3 Å². The molecule has 8 nitrogen and oxygen atoms in total. The van der Waals surface area contributed by atoms with E-state index in [-0.39, 0.29) is 11.9 Å². The Balaban J connectivity index is 2.22. The molecule has 0 radical (unpaired) electrons. The zero-order valence-corrected chi connectivity index (χ0v) is 12.5. The van der Waals surface area contributed by atoms with Crippen LogP contribution in [0.2, 0.25) is 0 Å². The molecule has 2 atom stereocenters. The van der Waals surface area contributed by atoms with E-state index in [0.29, 0.717) is 12.8 Å². The van der Waals surface area contributed by atoms with Crippen molar-refractivity contribution in [3.05, 3.63) is 22.7 Å². The van der Waals surface area contributed by atoms with Crippen LogP contribution in [0.3, 0.4) is 0 Å². The number of hydrogen-bond acceptors (Lipinski definition) is 5. The van der Waals surface area contributed by atoms with E-state index in [1.54, 1.807) is 6.20 Å². The third-order valence-electron chi connectivity index (χ3n) is 3.58. The largest absolute Gasteiger partial charge is 0.383 e. The monoisotopic (exact) mass is 317 g/mol. The summed E-state index contributed by atoms with van der Waals surface area (Å²) in [5, 5.41) is 0. The van der Waals surface area contributed by atoms with Gasteiger partial charge in [0.05, 0.1) is 12.1 Å². The van der Waals surface area contributed by atoms with Gasteiger partial charge >= 0.3 is 13.3 Å². The molecular formula is C12H20N3O5P. The fourth-order valence-corrected chi connectivity index (χ4v) is 3.02. The van der Waals surface area contributed by atoms with Gasteiger partial charge in [-0.25, -0.2) is 4.79 Å². The summed E-state index contributed by atoms with van der Waals surface area (Å²) in [6.45, 7) is 0. The molecule has 0 unspecified atom stereocenters. The smallest absolute Gasteiger partial charge is 0.350 e. The first kappa shape index (κ1) is 16.2. The summed E-state index contributed by atoms with van der Waals surface area (Å²) in [5.74, 6) is 0.151. The molecule has 2 rings (SSSR count). The second-order valence-corrected chi connectivity index (χ2v) is 6.83. The number of ether oxygens (including phenoxy) is 1. The quantitative estimate of drug-likeness (QED) is 0.555. The molecule has 1 aliphatic carbocycles. The van der Waals surface area contributed by atoms with Crippen LogP contribution in [0.4, 0.5) is 5.82 Å². The van der Waals surface area contributed by atoms with Crippen molar-refractivity contribution in [2.75, 3.05) is 12.1 Å². The maximum Gasteiger partial charge on any atom is 0.350 e. The molecule has 0 spiro atoms. The van der Waals surface area contributed by atoms with Crippen molar-refractivity contribution in [1.29, 1.82) is 0 Å². The maximum absolute atomic E-state index is 12.0. The van der Waals surface area contributed by atoms with Crippen LogP contribution >= 0.6 is 7.60 Å². The van der Waals surface area contributed by atoms with Gasteiger partial charge in [0.25, 0.3) is 0 Å². The number of nitrogens with two attached hydrogens (primary N) is 1. The van der Waals surface area contributed by atoms with Crippen LogP contribution in [0.5, 0.6) is 0 Å². The summed E-state index contributed by atoms with van der Waals surface area (Å²) in [6, 6.07) is 1.26. The van der Waals surface area contributed by atoms with E-state index >= 15 is 0 Å². The summed E-state index contributed by atoms with van der Waals surface area (Å²) in [4.78, 5) is 33.6. The van der Waals surface area contributed by atoms with E-state index in [0.717, 1.165) is 19.3 Å². The van der Waals surface area contributed by atoms with Gasteiger partial charge in [-0.2, -0.15) is 4.98 Å². The fraction of sp³-hybridized carbons (Fsp3) is 0.667. The second kappa shape index (κ2) is 6.70. The lowest BCUT2D eigenvalue weighted by molar-refractivity contribution is 0.0292. The van der Waals surface area contributed by atoms with Crippen molar-refractivity contribution in [3.63, 3.8) is 0 Å². The second-order valence-electron chi connectivity index (χ2n) is 5.25. The Morgan fingerprint density at radius 3 is 2.76 bits per heavy atom. The Morgan fingerprint density at radius 1 is 1.38 bits per heavy atom. The minimum atomic E-state index is -4.23. The van der Waals surface area contributed by atoms with E-state index in [2.05, 4.69) is 4.98 Å². The predicted octanol–water partition coefficient (Wildman–Crippen LogP) is 0.851. The molecule has 118 valence electrons.